The van der Waals surface area contributed by atoms with E-state index in [1.165, 1.54) is 0 Å². The molecule has 0 aliphatic carbocycles. The minimum Gasteiger partial charge on any atom is -0.497 e. The lowest BCUT2D eigenvalue weighted by atomic mass is 10.1. The first-order chi connectivity index (χ1) is 12.1. The van der Waals surface area contributed by atoms with Gasteiger partial charge in [-0.1, -0.05) is 23.7 Å². The molecule has 25 heavy (non-hydrogen) atoms. The minimum atomic E-state index is 0.624. The molecule has 0 saturated heterocycles. The molecule has 0 amide bonds. The number of benzene rings is 3. The Bertz CT molecular complexity index is 917. The van der Waals surface area contributed by atoms with Gasteiger partial charge in [0.2, 0.25) is 0 Å². The lowest BCUT2D eigenvalue weighted by Crippen LogP contribution is -2.16. The summed E-state index contributed by atoms with van der Waals surface area (Å²) in [4.78, 5) is 2.13. The Morgan fingerprint density at radius 3 is 1.88 bits per heavy atom. The molecule has 3 nitrogen and oxygen atoms in total. The quantitative estimate of drug-likeness (QED) is 0.409. The maximum Gasteiger partial charge on any atom is 0.151 e. The number of halogens is 1. The molecule has 0 spiro atoms. The Labute approximate surface area is 152 Å². The summed E-state index contributed by atoms with van der Waals surface area (Å²) in [6.45, 7) is 4.11. The summed E-state index contributed by atoms with van der Waals surface area (Å²) in [5.74, 6) is 2.38. The highest BCUT2D eigenvalue weighted by molar-refractivity contribution is 6.33. The molecule has 0 bridgehead atoms. The predicted octanol–water partition coefficient (Wildman–Crippen LogP) is 6.54. The van der Waals surface area contributed by atoms with E-state index < -0.39 is 0 Å². The second kappa shape index (κ2) is 6.01. The van der Waals surface area contributed by atoms with Crippen LogP contribution in [0.25, 0.3) is 0 Å². The number of rotatable bonds is 2. The molecule has 1 aliphatic heterocycles. The number of hydrogen-bond donors (Lipinski definition) is 0. The molecule has 0 atom stereocenters. The summed E-state index contributed by atoms with van der Waals surface area (Å²) in [6, 6.07) is 18.1. The van der Waals surface area contributed by atoms with E-state index in [9.17, 15) is 0 Å². The van der Waals surface area contributed by atoms with Gasteiger partial charge in [-0.25, -0.2) is 0 Å². The zero-order valence-electron chi connectivity index (χ0n) is 14.3. The summed E-state index contributed by atoms with van der Waals surface area (Å²) in [7, 11) is 1.64. The van der Waals surface area contributed by atoms with Crippen LogP contribution < -0.4 is 14.4 Å². The van der Waals surface area contributed by atoms with Gasteiger partial charge in [-0.3, -0.25) is 0 Å². The van der Waals surface area contributed by atoms with Crippen molar-refractivity contribution in [1.29, 1.82) is 0 Å². The number of fused-ring (bicyclic) bond motifs is 2. The van der Waals surface area contributed by atoms with Gasteiger partial charge in [0, 0.05) is 6.07 Å². The molecule has 3 aromatic carbocycles. The van der Waals surface area contributed by atoms with Crippen LogP contribution in [0.1, 0.15) is 11.1 Å². The lowest BCUT2D eigenvalue weighted by molar-refractivity contribution is 0.415. The Balaban J connectivity index is 1.95. The van der Waals surface area contributed by atoms with Crippen LogP contribution in [0.3, 0.4) is 0 Å². The molecule has 0 fully saturated rings. The first-order valence-corrected chi connectivity index (χ1v) is 8.47. The number of aryl methyl sites for hydroxylation is 2. The van der Waals surface area contributed by atoms with Gasteiger partial charge in [0.05, 0.1) is 29.2 Å². The standard InChI is InChI=1S/C21H18ClNO2/c1-13-4-7-18-20(10-13)25-21-11-14(2)5-8-19(21)23(18)17-9-6-15(24-3)12-16(17)22/h4-12H,1-3H3. The van der Waals surface area contributed by atoms with Crippen LogP contribution in [-0.2, 0) is 0 Å². The van der Waals surface area contributed by atoms with Gasteiger partial charge < -0.3 is 14.4 Å². The van der Waals surface area contributed by atoms with Gasteiger partial charge in [-0.15, -0.1) is 0 Å². The van der Waals surface area contributed by atoms with E-state index in [2.05, 4.69) is 43.0 Å². The van der Waals surface area contributed by atoms with Crippen molar-refractivity contribution in [2.75, 3.05) is 12.0 Å². The monoisotopic (exact) mass is 351 g/mol. The lowest BCUT2D eigenvalue weighted by Gasteiger charge is -2.33. The van der Waals surface area contributed by atoms with Crippen LogP contribution in [0.5, 0.6) is 17.2 Å². The van der Waals surface area contributed by atoms with E-state index in [-0.39, 0.29) is 0 Å². The van der Waals surface area contributed by atoms with Gasteiger partial charge in [-0.05, 0) is 61.4 Å². The van der Waals surface area contributed by atoms with Gasteiger partial charge in [0.25, 0.3) is 0 Å². The van der Waals surface area contributed by atoms with Crippen molar-refractivity contribution < 1.29 is 9.47 Å². The Morgan fingerprint density at radius 1 is 0.800 bits per heavy atom. The van der Waals surface area contributed by atoms with Gasteiger partial charge in [0.15, 0.2) is 11.5 Å². The smallest absolute Gasteiger partial charge is 0.151 e. The topological polar surface area (TPSA) is 21.7 Å². The average molecular weight is 352 g/mol. The molecule has 4 heteroatoms. The molecule has 3 aromatic rings. The number of hydrogen-bond acceptors (Lipinski definition) is 3. The summed E-state index contributed by atoms with van der Waals surface area (Å²) in [5, 5.41) is 0.624. The second-order valence-electron chi connectivity index (χ2n) is 6.20. The highest BCUT2D eigenvalue weighted by atomic mass is 35.5. The third kappa shape index (κ3) is 2.71. The van der Waals surface area contributed by atoms with Crippen LogP contribution >= 0.6 is 11.6 Å². The van der Waals surface area contributed by atoms with Crippen molar-refractivity contribution in [2.24, 2.45) is 0 Å². The van der Waals surface area contributed by atoms with E-state index in [1.54, 1.807) is 7.11 Å². The van der Waals surface area contributed by atoms with Crippen molar-refractivity contribution in [3.05, 3.63) is 70.7 Å². The highest BCUT2D eigenvalue weighted by Gasteiger charge is 2.27. The summed E-state index contributed by atoms with van der Waals surface area (Å²) < 4.78 is 11.4. The Kier molecular flexibility index (Phi) is 3.81. The summed E-state index contributed by atoms with van der Waals surface area (Å²) >= 11 is 6.57. The number of nitrogens with zero attached hydrogens (tertiary/aromatic N) is 1. The van der Waals surface area contributed by atoms with E-state index in [0.717, 1.165) is 45.4 Å². The third-order valence-electron chi connectivity index (χ3n) is 4.33. The molecular formula is C21H18ClNO2. The van der Waals surface area contributed by atoms with Crippen molar-refractivity contribution in [1.82, 2.24) is 0 Å². The minimum absolute atomic E-state index is 0.624. The van der Waals surface area contributed by atoms with E-state index in [4.69, 9.17) is 21.1 Å². The van der Waals surface area contributed by atoms with Crippen molar-refractivity contribution in [2.45, 2.75) is 13.8 Å². The van der Waals surface area contributed by atoms with Crippen molar-refractivity contribution >= 4 is 28.7 Å². The largest absolute Gasteiger partial charge is 0.497 e. The van der Waals surface area contributed by atoms with Crippen LogP contribution in [0.15, 0.2) is 54.6 Å². The molecule has 0 unspecified atom stereocenters. The summed E-state index contributed by atoms with van der Waals surface area (Å²) in [5.41, 5.74) is 5.12. The fourth-order valence-electron chi connectivity index (χ4n) is 3.08. The Hall–Kier alpha value is -2.65. The summed E-state index contributed by atoms with van der Waals surface area (Å²) in [6.07, 6.45) is 0. The third-order valence-corrected chi connectivity index (χ3v) is 4.63. The molecule has 0 saturated carbocycles. The zero-order valence-corrected chi connectivity index (χ0v) is 15.1. The number of ether oxygens (including phenoxy) is 2. The fraction of sp³-hybridized carbons (Fsp3) is 0.143. The van der Waals surface area contributed by atoms with Gasteiger partial charge in [0.1, 0.15) is 5.75 Å². The molecule has 0 radical (unpaired) electrons. The zero-order chi connectivity index (χ0) is 17.6. The van der Waals surface area contributed by atoms with Crippen molar-refractivity contribution in [3.8, 4) is 17.2 Å². The molecular weight excluding hydrogens is 334 g/mol. The van der Waals surface area contributed by atoms with Crippen LogP contribution in [0, 0.1) is 13.8 Å². The number of methoxy groups -OCH3 is 1. The predicted molar refractivity (Wildman–Crippen MR) is 102 cm³/mol. The fourth-order valence-corrected chi connectivity index (χ4v) is 3.33. The van der Waals surface area contributed by atoms with Crippen LogP contribution in [0.2, 0.25) is 5.02 Å². The Morgan fingerprint density at radius 2 is 1.36 bits per heavy atom. The van der Waals surface area contributed by atoms with E-state index in [1.807, 2.05) is 30.3 Å². The number of anilines is 3. The average Bonchev–Trinajstić information content (AvgIpc) is 2.59. The normalized spacial score (nSPS) is 12.2. The maximum absolute atomic E-state index is 6.57. The second-order valence-corrected chi connectivity index (χ2v) is 6.60. The van der Waals surface area contributed by atoms with E-state index in [0.29, 0.717) is 5.02 Å². The van der Waals surface area contributed by atoms with Gasteiger partial charge in [-0.2, -0.15) is 0 Å². The van der Waals surface area contributed by atoms with Crippen molar-refractivity contribution in [3.63, 3.8) is 0 Å². The molecule has 1 heterocycles. The molecule has 126 valence electrons. The first kappa shape index (κ1) is 15.9. The first-order valence-electron chi connectivity index (χ1n) is 8.09. The SMILES string of the molecule is COc1ccc(N2c3ccc(C)cc3Oc3cc(C)ccc32)c(Cl)c1. The van der Waals surface area contributed by atoms with Crippen LogP contribution in [-0.4, -0.2) is 7.11 Å². The molecule has 0 aromatic heterocycles. The molecule has 1 aliphatic rings. The van der Waals surface area contributed by atoms with E-state index >= 15 is 0 Å². The van der Waals surface area contributed by atoms with Gasteiger partial charge >= 0.3 is 0 Å². The molecule has 0 N–H and O–H groups in total. The maximum atomic E-state index is 6.57. The molecule has 4 rings (SSSR count). The highest BCUT2D eigenvalue weighted by Crippen LogP contribution is 2.52. The van der Waals surface area contributed by atoms with Crippen LogP contribution in [0.4, 0.5) is 17.1 Å².